The van der Waals surface area contributed by atoms with Gasteiger partial charge in [-0.25, -0.2) is 8.78 Å². The molecule has 0 saturated heterocycles. The van der Waals surface area contributed by atoms with Crippen LogP contribution in [-0.2, 0) is 6.42 Å². The lowest BCUT2D eigenvalue weighted by Crippen LogP contribution is -2.06. The molecule has 0 aliphatic carbocycles. The second-order valence-corrected chi connectivity index (χ2v) is 2.70. The third-order valence-electron chi connectivity index (χ3n) is 1.68. The Hall–Kier alpha value is -1.12. The molecule has 0 bridgehead atoms. The number of rotatable bonds is 4. The average molecular weight is 216 g/mol. The number of hydrogen-bond donors (Lipinski definition) is 0. The van der Waals surface area contributed by atoms with E-state index in [4.69, 9.17) is 4.74 Å². The summed E-state index contributed by atoms with van der Waals surface area (Å²) in [5.41, 5.74) is 1.09. The maximum absolute atomic E-state index is 11.8. The summed E-state index contributed by atoms with van der Waals surface area (Å²) >= 11 is 0. The molecule has 1 rings (SSSR count). The maximum Gasteiger partial charge on any atom is 0.272 e. The molecule has 1 aromatic carbocycles. The van der Waals surface area contributed by atoms with Crippen LogP contribution in [0.2, 0.25) is 0 Å². The van der Waals surface area contributed by atoms with Gasteiger partial charge in [-0.05, 0) is 24.1 Å². The van der Waals surface area contributed by atoms with Crippen molar-refractivity contribution in [2.75, 3.05) is 6.61 Å². The quantitative estimate of drug-likeness (QED) is 0.741. The molecule has 3 heteroatoms. The molecule has 0 amide bonds. The van der Waals surface area contributed by atoms with Crippen LogP contribution in [0.3, 0.4) is 0 Å². The van der Waals surface area contributed by atoms with Crippen LogP contribution in [-0.4, -0.2) is 13.0 Å². The predicted molar refractivity (Wildman–Crippen MR) is 58.7 cm³/mol. The topological polar surface area (TPSA) is 9.23 Å². The SMILES string of the molecule is CC.CCc1cccc(OCC(F)F)c1. The van der Waals surface area contributed by atoms with E-state index in [2.05, 4.69) is 0 Å². The van der Waals surface area contributed by atoms with Gasteiger partial charge in [0.15, 0.2) is 0 Å². The van der Waals surface area contributed by atoms with Crippen molar-refractivity contribution in [2.24, 2.45) is 0 Å². The summed E-state index contributed by atoms with van der Waals surface area (Å²) in [6.07, 6.45) is -1.53. The maximum atomic E-state index is 11.8. The minimum Gasteiger partial charge on any atom is -0.488 e. The Bertz CT molecular complexity index is 262. The Morgan fingerprint density at radius 1 is 1.27 bits per heavy atom. The van der Waals surface area contributed by atoms with Gasteiger partial charge in [-0.1, -0.05) is 32.9 Å². The lowest BCUT2D eigenvalue weighted by atomic mass is 10.2. The normalized spacial score (nSPS) is 9.47. The van der Waals surface area contributed by atoms with Gasteiger partial charge in [-0.2, -0.15) is 0 Å². The minimum atomic E-state index is -2.41. The number of aryl methyl sites for hydroxylation is 1. The van der Waals surface area contributed by atoms with Crippen molar-refractivity contribution in [1.82, 2.24) is 0 Å². The van der Waals surface area contributed by atoms with Crippen LogP contribution >= 0.6 is 0 Å². The standard InChI is InChI=1S/C10H12F2O.C2H6/c1-2-8-4-3-5-9(6-8)13-7-10(11)12;1-2/h3-6,10H,2,7H2,1H3;1-2H3. The third kappa shape index (κ3) is 6.05. The van der Waals surface area contributed by atoms with Gasteiger partial charge in [0.05, 0.1) is 0 Å². The van der Waals surface area contributed by atoms with Gasteiger partial charge in [0.25, 0.3) is 6.43 Å². The van der Waals surface area contributed by atoms with Crippen molar-refractivity contribution < 1.29 is 13.5 Å². The third-order valence-corrected chi connectivity index (χ3v) is 1.68. The van der Waals surface area contributed by atoms with Gasteiger partial charge in [-0.15, -0.1) is 0 Å². The highest BCUT2D eigenvalue weighted by molar-refractivity contribution is 5.28. The molecule has 0 atom stereocenters. The van der Waals surface area contributed by atoms with Crippen molar-refractivity contribution in [1.29, 1.82) is 0 Å². The van der Waals surface area contributed by atoms with Crippen molar-refractivity contribution in [3.05, 3.63) is 29.8 Å². The van der Waals surface area contributed by atoms with Crippen molar-refractivity contribution in [3.8, 4) is 5.75 Å². The molecule has 0 N–H and O–H groups in total. The van der Waals surface area contributed by atoms with E-state index in [0.29, 0.717) is 5.75 Å². The number of hydrogen-bond acceptors (Lipinski definition) is 1. The monoisotopic (exact) mass is 216 g/mol. The van der Waals surface area contributed by atoms with E-state index in [-0.39, 0.29) is 0 Å². The zero-order valence-corrected chi connectivity index (χ0v) is 9.47. The van der Waals surface area contributed by atoms with Crippen molar-refractivity contribution in [3.63, 3.8) is 0 Å². The highest BCUT2D eigenvalue weighted by Gasteiger charge is 2.03. The lowest BCUT2D eigenvalue weighted by molar-refractivity contribution is 0.0818. The van der Waals surface area contributed by atoms with E-state index < -0.39 is 13.0 Å². The molecule has 86 valence electrons. The Labute approximate surface area is 90.1 Å². The summed E-state index contributed by atoms with van der Waals surface area (Å²) in [6, 6.07) is 7.21. The van der Waals surface area contributed by atoms with Crippen LogP contribution in [0, 0.1) is 0 Å². The first-order valence-electron chi connectivity index (χ1n) is 5.22. The first kappa shape index (κ1) is 13.9. The molecule has 1 nitrogen and oxygen atoms in total. The van der Waals surface area contributed by atoms with Gasteiger partial charge in [0.2, 0.25) is 0 Å². The zero-order valence-electron chi connectivity index (χ0n) is 9.47. The number of ether oxygens (including phenoxy) is 1. The van der Waals surface area contributed by atoms with Crippen molar-refractivity contribution >= 4 is 0 Å². The summed E-state index contributed by atoms with van der Waals surface area (Å²) in [6.45, 7) is 5.47. The van der Waals surface area contributed by atoms with Gasteiger partial charge >= 0.3 is 0 Å². The van der Waals surface area contributed by atoms with E-state index in [9.17, 15) is 8.78 Å². The van der Waals surface area contributed by atoms with Crippen LogP contribution in [0.1, 0.15) is 26.3 Å². The van der Waals surface area contributed by atoms with E-state index in [0.717, 1.165) is 12.0 Å². The van der Waals surface area contributed by atoms with Crippen LogP contribution in [0.25, 0.3) is 0 Å². The summed E-state index contributed by atoms with van der Waals surface area (Å²) < 4.78 is 28.4. The highest BCUT2D eigenvalue weighted by atomic mass is 19.3. The Morgan fingerprint density at radius 3 is 2.47 bits per heavy atom. The van der Waals surface area contributed by atoms with E-state index in [1.807, 2.05) is 26.8 Å². The molecule has 0 radical (unpaired) electrons. The summed E-state index contributed by atoms with van der Waals surface area (Å²) in [7, 11) is 0. The molecule has 0 aliphatic heterocycles. The van der Waals surface area contributed by atoms with Gasteiger partial charge in [0.1, 0.15) is 12.4 Å². The van der Waals surface area contributed by atoms with Gasteiger partial charge < -0.3 is 4.74 Å². The first-order chi connectivity index (χ1) is 7.22. The fourth-order valence-corrected chi connectivity index (χ4v) is 1.01. The van der Waals surface area contributed by atoms with E-state index in [1.54, 1.807) is 18.2 Å². The molecule has 0 heterocycles. The second-order valence-electron chi connectivity index (χ2n) is 2.70. The fourth-order valence-electron chi connectivity index (χ4n) is 1.01. The Balaban J connectivity index is 0.000000921. The van der Waals surface area contributed by atoms with Crippen LogP contribution in [0.4, 0.5) is 8.78 Å². The van der Waals surface area contributed by atoms with E-state index >= 15 is 0 Å². The van der Waals surface area contributed by atoms with Crippen LogP contribution in [0.15, 0.2) is 24.3 Å². The molecule has 15 heavy (non-hydrogen) atoms. The van der Waals surface area contributed by atoms with E-state index in [1.165, 1.54) is 0 Å². The number of benzene rings is 1. The molecular weight excluding hydrogens is 198 g/mol. The fraction of sp³-hybridized carbons (Fsp3) is 0.500. The first-order valence-corrected chi connectivity index (χ1v) is 5.22. The van der Waals surface area contributed by atoms with Crippen LogP contribution in [0.5, 0.6) is 5.75 Å². The summed E-state index contributed by atoms with van der Waals surface area (Å²) in [4.78, 5) is 0. The largest absolute Gasteiger partial charge is 0.488 e. The molecule has 0 aliphatic rings. The number of halogens is 2. The molecule has 0 aromatic heterocycles. The van der Waals surface area contributed by atoms with Crippen LogP contribution < -0.4 is 4.74 Å². The van der Waals surface area contributed by atoms with Crippen molar-refractivity contribution in [2.45, 2.75) is 33.6 Å². The average Bonchev–Trinajstić information content (AvgIpc) is 2.29. The molecular formula is C12H18F2O. The highest BCUT2D eigenvalue weighted by Crippen LogP contribution is 2.14. The van der Waals surface area contributed by atoms with Gasteiger partial charge in [0, 0.05) is 0 Å². The zero-order chi connectivity index (χ0) is 11.7. The summed E-state index contributed by atoms with van der Waals surface area (Å²) in [5.74, 6) is 0.514. The smallest absolute Gasteiger partial charge is 0.272 e. The molecule has 0 unspecified atom stereocenters. The molecule has 0 saturated carbocycles. The molecule has 0 fully saturated rings. The Morgan fingerprint density at radius 2 is 1.93 bits per heavy atom. The Kier molecular flexibility index (Phi) is 7.60. The lowest BCUT2D eigenvalue weighted by Gasteiger charge is -2.06. The van der Waals surface area contributed by atoms with Gasteiger partial charge in [-0.3, -0.25) is 0 Å². The molecule has 1 aromatic rings. The predicted octanol–water partition coefficient (Wildman–Crippen LogP) is 3.92. The number of alkyl halides is 2. The molecule has 0 spiro atoms. The second kappa shape index (κ2) is 8.21. The minimum absolute atomic E-state index is 0.514. The summed E-state index contributed by atoms with van der Waals surface area (Å²) in [5, 5.41) is 0.